The van der Waals surface area contributed by atoms with E-state index in [0.29, 0.717) is 11.5 Å². The number of piperazine rings is 1. The molecule has 0 unspecified atom stereocenters. The second-order valence-corrected chi connectivity index (χ2v) is 23.0. The van der Waals surface area contributed by atoms with Gasteiger partial charge >= 0.3 is 0 Å². The van der Waals surface area contributed by atoms with Gasteiger partial charge in [-0.1, -0.05) is 62.7 Å². The zero-order chi connectivity index (χ0) is 44.1. The van der Waals surface area contributed by atoms with E-state index in [0.717, 1.165) is 115 Å². The molecule has 0 saturated carbocycles. The molecular formula is C52H68ClN8PS. The Labute approximate surface area is 387 Å². The molecule has 5 N–H and O–H groups in total. The minimum Gasteiger partial charge on any atom is -0.397 e. The molecule has 5 aromatic rings. The van der Waals surface area contributed by atoms with E-state index >= 15 is 0 Å². The third-order valence-corrected chi connectivity index (χ3v) is 16.6. The van der Waals surface area contributed by atoms with E-state index in [1.807, 2.05) is 24.5 Å². The van der Waals surface area contributed by atoms with Gasteiger partial charge in [0.15, 0.2) is 0 Å². The molecule has 2 aliphatic heterocycles. The van der Waals surface area contributed by atoms with Gasteiger partial charge in [0, 0.05) is 103 Å². The van der Waals surface area contributed by atoms with Crippen molar-refractivity contribution < 1.29 is 0 Å². The number of halogens is 1. The molecule has 2 aromatic heterocycles. The third kappa shape index (κ3) is 11.6. The first-order chi connectivity index (χ1) is 30.4. The van der Waals surface area contributed by atoms with Crippen molar-refractivity contribution in [1.82, 2.24) is 24.5 Å². The number of aromatic amines is 1. The molecule has 3 aromatic carbocycles. The number of allylic oxidation sites excluding steroid dienone is 1. The summed E-state index contributed by atoms with van der Waals surface area (Å²) in [7, 11) is 0.252. The van der Waals surface area contributed by atoms with Gasteiger partial charge in [0.25, 0.3) is 0 Å². The van der Waals surface area contributed by atoms with Crippen molar-refractivity contribution in [3.05, 3.63) is 124 Å². The fourth-order valence-electron chi connectivity index (χ4n) is 9.57. The standard InChI is InChI=1S/C52H68ClN8PS/c1-7-39-31-46(32-49(54)50(39)57-36(2)16-19-59-24-26-62(6)27-25-59)63-58-37(3)47-13-12-45(30-43(47)29-38-28-41-15-18-55-51(41)56-34-38)61-22-20-60(21-23-61)35-42-14-17-52(4,5)33-48(42)40-8-10-44(53)11-9-40/h8-13,15,18,28,30-32,34,36,57-58H,3,7,14,16-17,19-27,29,33,35,54H2,1-2,4-6H3,(H,55,56)/t36-/m0/s1. The van der Waals surface area contributed by atoms with Crippen LogP contribution in [0.3, 0.4) is 0 Å². The molecule has 1 atom stereocenters. The maximum Gasteiger partial charge on any atom is 0.137 e. The van der Waals surface area contributed by atoms with Gasteiger partial charge in [0.2, 0.25) is 0 Å². The SMILES string of the molecule is C=C(NSc1cc(N)c(N[C@@H](C)CCN2CCP(C)CC2)c(CC)c1)c1ccc(N2CCN(CC3=C(c4ccc(Cl)cc4)CC(C)(C)CC3)CC2)cc1Cc1cnc2[nH]ccc2c1. The van der Waals surface area contributed by atoms with Crippen LogP contribution < -0.4 is 20.7 Å². The van der Waals surface area contributed by atoms with Crippen molar-refractivity contribution in [2.24, 2.45) is 5.41 Å². The van der Waals surface area contributed by atoms with Crippen molar-refractivity contribution in [2.45, 2.75) is 77.2 Å². The minimum absolute atomic E-state index is 0.252. The fraction of sp³-hybridized carbons (Fsp3) is 0.442. The average molecular weight is 904 g/mol. The second kappa shape index (κ2) is 20.5. The Kier molecular flexibility index (Phi) is 14.8. The van der Waals surface area contributed by atoms with Crippen LogP contribution in [0.2, 0.25) is 5.02 Å². The summed E-state index contributed by atoms with van der Waals surface area (Å²) in [5.74, 6) is 0. The maximum atomic E-state index is 6.79. The van der Waals surface area contributed by atoms with E-state index in [4.69, 9.17) is 22.3 Å². The smallest absolute Gasteiger partial charge is 0.137 e. The number of aromatic nitrogens is 2. The summed E-state index contributed by atoms with van der Waals surface area (Å²) in [6.07, 6.45) is 13.0. The lowest BCUT2D eigenvalue weighted by molar-refractivity contribution is 0.264. The monoisotopic (exact) mass is 902 g/mol. The molecule has 0 amide bonds. The number of pyridine rings is 1. The molecule has 8 nitrogen and oxygen atoms in total. The Hall–Kier alpha value is -3.98. The molecule has 4 heterocycles. The lowest BCUT2D eigenvalue weighted by Crippen LogP contribution is -2.47. The number of nitrogens with zero attached hydrogens (tertiary/aromatic N) is 4. The highest BCUT2D eigenvalue weighted by Gasteiger charge is 2.29. The zero-order valence-electron chi connectivity index (χ0n) is 38.2. The van der Waals surface area contributed by atoms with E-state index < -0.39 is 0 Å². The number of nitrogens with two attached hydrogens (primary N) is 1. The first kappa shape index (κ1) is 45.6. The lowest BCUT2D eigenvalue weighted by Gasteiger charge is -2.39. The highest BCUT2D eigenvalue weighted by molar-refractivity contribution is 7.97. The number of anilines is 3. The number of H-pyrrole nitrogens is 1. The number of hydrogen-bond donors (Lipinski definition) is 4. The van der Waals surface area contributed by atoms with Gasteiger partial charge in [-0.15, -0.1) is 7.92 Å². The quantitative estimate of drug-likeness (QED) is 0.0442. The average Bonchev–Trinajstić information content (AvgIpc) is 3.75. The number of aryl methyl sites for hydroxylation is 1. The molecule has 0 radical (unpaired) electrons. The van der Waals surface area contributed by atoms with Crippen molar-refractivity contribution >= 4 is 70.8 Å². The van der Waals surface area contributed by atoms with Crippen molar-refractivity contribution in [2.75, 3.05) is 87.3 Å². The van der Waals surface area contributed by atoms with Gasteiger partial charge in [-0.05, 0) is 158 Å². The van der Waals surface area contributed by atoms with Gasteiger partial charge in [-0.25, -0.2) is 4.98 Å². The number of nitrogen functional groups attached to an aromatic ring is 1. The Morgan fingerprint density at radius 3 is 2.52 bits per heavy atom. The summed E-state index contributed by atoms with van der Waals surface area (Å²) in [5, 5.41) is 5.71. The second-order valence-electron chi connectivity index (χ2n) is 19.0. The third-order valence-electron chi connectivity index (χ3n) is 13.6. The van der Waals surface area contributed by atoms with Crippen LogP contribution in [0.15, 0.2) is 96.2 Å². The van der Waals surface area contributed by atoms with Crippen LogP contribution in [-0.4, -0.2) is 97.2 Å². The Morgan fingerprint density at radius 2 is 1.76 bits per heavy atom. The predicted molar refractivity (Wildman–Crippen MR) is 275 cm³/mol. The topological polar surface area (TPSA) is 88.5 Å². The van der Waals surface area contributed by atoms with Crippen LogP contribution in [0.4, 0.5) is 17.1 Å². The van der Waals surface area contributed by atoms with Crippen LogP contribution in [0.25, 0.3) is 22.3 Å². The Bertz CT molecular complexity index is 2390. The molecule has 3 aliphatic rings. The van der Waals surface area contributed by atoms with Crippen LogP contribution in [0.5, 0.6) is 0 Å². The van der Waals surface area contributed by atoms with Crippen LogP contribution >= 0.6 is 31.5 Å². The summed E-state index contributed by atoms with van der Waals surface area (Å²) >= 11 is 7.88. The van der Waals surface area contributed by atoms with Gasteiger partial charge in [0.05, 0.1) is 11.4 Å². The number of nitrogens with one attached hydrogen (secondary N) is 3. The molecule has 11 heteroatoms. The van der Waals surface area contributed by atoms with Gasteiger partial charge in [-0.2, -0.15) is 0 Å². The van der Waals surface area contributed by atoms with E-state index in [-0.39, 0.29) is 7.92 Å². The normalized spacial score (nSPS) is 18.2. The zero-order valence-corrected chi connectivity index (χ0v) is 40.7. The highest BCUT2D eigenvalue weighted by atomic mass is 35.5. The number of rotatable bonds is 16. The first-order valence-corrected chi connectivity index (χ1v) is 26.5. The molecular weight excluding hydrogens is 835 g/mol. The van der Waals surface area contributed by atoms with Gasteiger partial charge in [0.1, 0.15) is 5.65 Å². The van der Waals surface area contributed by atoms with Crippen molar-refractivity contribution in [3.8, 4) is 0 Å². The fourth-order valence-corrected chi connectivity index (χ4v) is 11.9. The molecule has 334 valence electrons. The molecule has 0 bridgehead atoms. The molecule has 63 heavy (non-hydrogen) atoms. The first-order valence-electron chi connectivity index (χ1n) is 23.1. The highest BCUT2D eigenvalue weighted by Crippen LogP contribution is 2.43. The van der Waals surface area contributed by atoms with Gasteiger partial charge < -0.3 is 30.6 Å². The van der Waals surface area contributed by atoms with Crippen LogP contribution in [0, 0.1) is 5.41 Å². The van der Waals surface area contributed by atoms with E-state index in [1.165, 1.54) is 65.3 Å². The Balaban J connectivity index is 0.945. The molecule has 8 rings (SSSR count). The largest absolute Gasteiger partial charge is 0.397 e. The summed E-state index contributed by atoms with van der Waals surface area (Å²) in [5.41, 5.74) is 21.2. The van der Waals surface area contributed by atoms with Crippen molar-refractivity contribution in [3.63, 3.8) is 0 Å². The summed E-state index contributed by atoms with van der Waals surface area (Å²) in [6.45, 7) is 25.1. The van der Waals surface area contributed by atoms with Crippen molar-refractivity contribution in [1.29, 1.82) is 0 Å². The minimum atomic E-state index is 0.252. The van der Waals surface area contributed by atoms with E-state index in [1.54, 1.807) is 17.5 Å². The van der Waals surface area contributed by atoms with Crippen LogP contribution in [0.1, 0.15) is 81.2 Å². The molecule has 2 saturated heterocycles. The van der Waals surface area contributed by atoms with E-state index in [9.17, 15) is 0 Å². The number of hydrogen-bond acceptors (Lipinski definition) is 8. The van der Waals surface area contributed by atoms with E-state index in [2.05, 4.69) is 125 Å². The summed E-state index contributed by atoms with van der Waals surface area (Å²) in [4.78, 5) is 16.9. The lowest BCUT2D eigenvalue weighted by atomic mass is 9.72. The Morgan fingerprint density at radius 1 is 0.984 bits per heavy atom. The molecule has 2 fully saturated rings. The number of benzene rings is 3. The molecule has 0 spiro atoms. The molecule has 1 aliphatic carbocycles. The van der Waals surface area contributed by atoms with Crippen LogP contribution in [-0.2, 0) is 12.8 Å². The van der Waals surface area contributed by atoms with Gasteiger partial charge in [-0.3, -0.25) is 4.90 Å². The summed E-state index contributed by atoms with van der Waals surface area (Å²) < 4.78 is 3.62. The predicted octanol–water partition coefficient (Wildman–Crippen LogP) is 11.6. The summed E-state index contributed by atoms with van der Waals surface area (Å²) in [6, 6.07) is 24.5. The maximum absolute atomic E-state index is 6.79. The number of fused-ring (bicyclic) bond motifs is 1.